The number of nitrogens with zero attached hydrogens (tertiary/aromatic N) is 3. The van der Waals surface area contributed by atoms with Crippen molar-refractivity contribution < 1.29 is 18.8 Å². The van der Waals surface area contributed by atoms with Crippen LogP contribution in [0, 0.1) is 29.5 Å². The van der Waals surface area contributed by atoms with Crippen molar-refractivity contribution in [1.29, 1.82) is 0 Å². The molecule has 31 heavy (non-hydrogen) atoms. The first-order valence-corrected chi connectivity index (χ1v) is 11.8. The molecule has 2 fully saturated rings. The number of carbonyl (C=O) groups is 3. The van der Waals surface area contributed by atoms with Crippen LogP contribution in [0.3, 0.4) is 0 Å². The van der Waals surface area contributed by atoms with E-state index in [4.69, 9.17) is 0 Å². The number of thioether (sulfide) groups is 1. The Balaban J connectivity index is 1.12. The smallest absolute Gasteiger partial charge is 0.233 e. The van der Waals surface area contributed by atoms with Gasteiger partial charge in [-0.15, -0.1) is 10.2 Å². The number of allylic oxidation sites excluding steroid dienone is 2. The fourth-order valence-corrected chi connectivity index (χ4v) is 6.41. The highest BCUT2D eigenvalue weighted by atomic mass is 32.2. The van der Waals surface area contributed by atoms with Gasteiger partial charge in [0.1, 0.15) is 5.82 Å². The number of hydrogen-bond donors (Lipinski definition) is 1. The summed E-state index contributed by atoms with van der Waals surface area (Å²) < 4.78 is 14.3. The summed E-state index contributed by atoms with van der Waals surface area (Å²) in [6.07, 6.45) is 4.99. The van der Waals surface area contributed by atoms with Crippen LogP contribution in [0.15, 0.2) is 40.8 Å². The van der Waals surface area contributed by atoms with Gasteiger partial charge in [0.2, 0.25) is 22.9 Å². The lowest BCUT2D eigenvalue weighted by atomic mass is 9.85. The van der Waals surface area contributed by atoms with E-state index < -0.39 is 0 Å². The molecule has 5 rings (SSSR count). The Hall–Kier alpha value is -2.59. The van der Waals surface area contributed by atoms with E-state index in [-0.39, 0.29) is 60.2 Å². The highest BCUT2D eigenvalue weighted by Gasteiger charge is 2.59. The maximum absolute atomic E-state index is 13.7. The van der Waals surface area contributed by atoms with Crippen LogP contribution in [-0.4, -0.2) is 39.4 Å². The van der Waals surface area contributed by atoms with Crippen LogP contribution in [0.2, 0.25) is 0 Å². The molecule has 0 radical (unpaired) electrons. The van der Waals surface area contributed by atoms with Gasteiger partial charge in [-0.3, -0.25) is 19.3 Å². The lowest BCUT2D eigenvalue weighted by molar-refractivity contribution is -0.140. The summed E-state index contributed by atoms with van der Waals surface area (Å²) >= 11 is 2.53. The van der Waals surface area contributed by atoms with Gasteiger partial charge >= 0.3 is 0 Å². The second kappa shape index (κ2) is 8.16. The van der Waals surface area contributed by atoms with E-state index in [1.165, 1.54) is 34.1 Å². The summed E-state index contributed by atoms with van der Waals surface area (Å²) in [6.45, 7) is 0.0731. The van der Waals surface area contributed by atoms with Crippen LogP contribution in [0.25, 0.3) is 0 Å². The summed E-state index contributed by atoms with van der Waals surface area (Å²) in [5, 5.41) is 10.9. The average molecular weight is 459 g/mol. The molecular formula is C21H19FN4O3S2. The number of aromatic nitrogens is 2. The third-order valence-corrected chi connectivity index (χ3v) is 8.11. The Labute approximate surface area is 186 Å². The number of amides is 3. The van der Waals surface area contributed by atoms with Gasteiger partial charge in [-0.25, -0.2) is 4.39 Å². The quantitative estimate of drug-likeness (QED) is 0.297. The van der Waals surface area contributed by atoms with Gasteiger partial charge in [-0.1, -0.05) is 53.4 Å². The van der Waals surface area contributed by atoms with Crippen molar-refractivity contribution in [2.24, 2.45) is 23.7 Å². The Morgan fingerprint density at radius 3 is 2.58 bits per heavy atom. The third kappa shape index (κ3) is 3.78. The first kappa shape index (κ1) is 20.3. The van der Waals surface area contributed by atoms with Crippen LogP contribution >= 0.6 is 23.1 Å². The van der Waals surface area contributed by atoms with Crippen LogP contribution < -0.4 is 5.32 Å². The number of likely N-dealkylation sites (tertiary alicyclic amines) is 1. The normalized spacial score (nSPS) is 26.0. The highest BCUT2D eigenvalue weighted by molar-refractivity contribution is 8.00. The largest absolute Gasteiger partial charge is 0.300 e. The van der Waals surface area contributed by atoms with Crippen molar-refractivity contribution in [3.63, 3.8) is 0 Å². The second-order valence-electron chi connectivity index (χ2n) is 7.88. The molecule has 1 saturated carbocycles. The van der Waals surface area contributed by atoms with Crippen LogP contribution in [0.1, 0.15) is 18.4 Å². The van der Waals surface area contributed by atoms with Crippen molar-refractivity contribution >= 4 is 46.0 Å². The average Bonchev–Trinajstić information content (AvgIpc) is 3.52. The summed E-state index contributed by atoms with van der Waals surface area (Å²) in [4.78, 5) is 38.9. The predicted octanol–water partition coefficient (Wildman–Crippen LogP) is 3.11. The number of fused-ring (bicyclic) bond motifs is 5. The van der Waals surface area contributed by atoms with Crippen LogP contribution in [0.5, 0.6) is 0 Å². The van der Waals surface area contributed by atoms with E-state index in [2.05, 4.69) is 15.5 Å². The summed E-state index contributed by atoms with van der Waals surface area (Å²) in [5.41, 5.74) is 0.571. The molecule has 2 bridgehead atoms. The monoisotopic (exact) mass is 458 g/mol. The lowest BCUT2D eigenvalue weighted by Gasteiger charge is -2.16. The highest BCUT2D eigenvalue weighted by Crippen LogP contribution is 2.52. The van der Waals surface area contributed by atoms with Gasteiger partial charge in [-0.05, 0) is 29.9 Å². The summed E-state index contributed by atoms with van der Waals surface area (Å²) in [7, 11) is 0. The third-order valence-electron chi connectivity index (χ3n) is 6.09. The molecular weight excluding hydrogens is 439 g/mol. The minimum Gasteiger partial charge on any atom is -0.300 e. The zero-order valence-corrected chi connectivity index (χ0v) is 18.0. The molecule has 3 aliphatic rings. The van der Waals surface area contributed by atoms with Gasteiger partial charge in [0.15, 0.2) is 4.34 Å². The molecule has 1 aromatic carbocycles. The molecule has 1 N–H and O–H groups in total. The molecule has 2 aromatic rings. The van der Waals surface area contributed by atoms with Gasteiger partial charge in [0.05, 0.1) is 11.8 Å². The number of rotatable bonds is 7. The van der Waals surface area contributed by atoms with Crippen molar-refractivity contribution in [2.75, 3.05) is 11.9 Å². The van der Waals surface area contributed by atoms with E-state index in [0.717, 1.165) is 6.42 Å². The Kier molecular flexibility index (Phi) is 5.35. The molecule has 2 heterocycles. The number of halogens is 1. The minimum absolute atomic E-state index is 0.0109. The number of anilines is 1. The number of nitrogens with one attached hydrogen (secondary N) is 1. The zero-order chi connectivity index (χ0) is 21.5. The molecule has 3 amide bonds. The van der Waals surface area contributed by atoms with Crippen molar-refractivity contribution in [1.82, 2.24) is 15.1 Å². The molecule has 2 aliphatic carbocycles. The fraction of sp³-hybridized carbons (Fsp3) is 0.381. The van der Waals surface area contributed by atoms with E-state index in [1.54, 1.807) is 18.2 Å². The Bertz CT molecular complexity index is 1060. The topological polar surface area (TPSA) is 92.3 Å². The van der Waals surface area contributed by atoms with E-state index >= 15 is 0 Å². The van der Waals surface area contributed by atoms with Crippen LogP contribution in [0.4, 0.5) is 9.52 Å². The van der Waals surface area contributed by atoms with Gasteiger partial charge in [0, 0.05) is 18.7 Å². The van der Waals surface area contributed by atoms with E-state index in [9.17, 15) is 18.8 Å². The molecule has 10 heteroatoms. The molecule has 0 spiro atoms. The van der Waals surface area contributed by atoms with Gasteiger partial charge in [-0.2, -0.15) is 0 Å². The molecule has 0 unspecified atom stereocenters. The van der Waals surface area contributed by atoms with Gasteiger partial charge in [0.25, 0.3) is 0 Å². The second-order valence-corrected chi connectivity index (χ2v) is 10.1. The van der Waals surface area contributed by atoms with Crippen molar-refractivity contribution in [2.45, 2.75) is 22.9 Å². The lowest BCUT2D eigenvalue weighted by Crippen LogP contribution is -2.35. The number of imide groups is 1. The molecule has 7 nitrogen and oxygen atoms in total. The van der Waals surface area contributed by atoms with E-state index in [1.807, 2.05) is 12.2 Å². The number of benzene rings is 1. The SMILES string of the molecule is O=C(CCN1C(=O)[C@@H]2[C@@H](C1=O)[C@H]1C=C[C@H]2C1)Nc1nnc(SCc2ccccc2F)s1. The molecule has 1 aromatic heterocycles. The number of carbonyl (C=O) groups excluding carboxylic acids is 3. The van der Waals surface area contributed by atoms with Crippen LogP contribution in [-0.2, 0) is 20.1 Å². The standard InChI is InChI=1S/C21H19FN4O3S2/c22-14-4-2-1-3-13(14)10-30-21-25-24-20(31-21)23-15(27)7-8-26-18(28)16-11-5-6-12(9-11)17(16)19(26)29/h1-6,11-12,16-17H,7-10H2,(H,23,24,27)/t11-,12-,16-,17-/m0/s1. The Morgan fingerprint density at radius 1 is 1.16 bits per heavy atom. The molecule has 1 aliphatic heterocycles. The minimum atomic E-state index is -0.333. The first-order valence-electron chi connectivity index (χ1n) is 10.0. The van der Waals surface area contributed by atoms with Crippen molar-refractivity contribution in [3.8, 4) is 0 Å². The number of hydrogen-bond acceptors (Lipinski definition) is 7. The predicted molar refractivity (Wildman–Crippen MR) is 114 cm³/mol. The van der Waals surface area contributed by atoms with E-state index in [0.29, 0.717) is 20.8 Å². The zero-order valence-electron chi connectivity index (χ0n) is 16.4. The molecule has 1 saturated heterocycles. The molecule has 4 atom stereocenters. The van der Waals surface area contributed by atoms with Crippen molar-refractivity contribution in [3.05, 3.63) is 47.8 Å². The maximum Gasteiger partial charge on any atom is 0.233 e. The van der Waals surface area contributed by atoms with Gasteiger partial charge < -0.3 is 5.32 Å². The fourth-order valence-electron chi connectivity index (χ4n) is 4.65. The first-order chi connectivity index (χ1) is 15.0. The Morgan fingerprint density at radius 2 is 1.87 bits per heavy atom. The summed E-state index contributed by atoms with van der Waals surface area (Å²) in [6, 6.07) is 6.53. The maximum atomic E-state index is 13.7. The summed E-state index contributed by atoms with van der Waals surface area (Å²) in [5.74, 6) is -0.671. The molecule has 160 valence electrons.